The molecule has 0 fully saturated rings. The number of nitrogens with zero attached hydrogens (tertiary/aromatic N) is 2. The van der Waals surface area contributed by atoms with E-state index in [1.807, 2.05) is 0 Å². The zero-order valence-corrected chi connectivity index (χ0v) is 9.65. The van der Waals surface area contributed by atoms with Gasteiger partial charge in [-0.2, -0.15) is 23.4 Å². The lowest BCUT2D eigenvalue weighted by Crippen LogP contribution is -2.42. The molecule has 0 aromatic rings. The highest BCUT2D eigenvalue weighted by atomic mass is 19.4. The number of esters is 2. The molecule has 0 saturated heterocycles. The van der Waals surface area contributed by atoms with Crippen molar-refractivity contribution < 1.29 is 32.2 Å². The zero-order chi connectivity index (χ0) is 14.0. The van der Waals surface area contributed by atoms with E-state index < -0.39 is 42.5 Å². The van der Waals surface area contributed by atoms with Crippen molar-refractivity contribution in [3.05, 3.63) is 0 Å². The van der Waals surface area contributed by atoms with Gasteiger partial charge in [0.25, 0.3) is 0 Å². The van der Waals surface area contributed by atoms with E-state index in [4.69, 9.17) is 0 Å². The summed E-state index contributed by atoms with van der Waals surface area (Å²) in [5.41, 5.74) is -1.94. The SMILES string of the molecule is COC(=O)CC1(C(=O)OC)CC(C(F)(F)F)N=N1. The standard InChI is InChI=1S/C9H11F3N2O4/c1-17-6(15)4-8(7(16)18-2)3-5(13-14-8)9(10,11)12/h5H,3-4H2,1-2H3. The van der Waals surface area contributed by atoms with E-state index in [0.717, 1.165) is 14.2 Å². The summed E-state index contributed by atoms with van der Waals surface area (Å²) in [7, 11) is 2.05. The first kappa shape index (κ1) is 14.4. The van der Waals surface area contributed by atoms with E-state index in [-0.39, 0.29) is 0 Å². The second-order valence-corrected chi connectivity index (χ2v) is 3.75. The number of azo groups is 1. The lowest BCUT2D eigenvalue weighted by Gasteiger charge is -2.21. The van der Waals surface area contributed by atoms with Crippen LogP contribution in [-0.4, -0.2) is 43.9 Å². The minimum Gasteiger partial charge on any atom is -0.469 e. The third-order valence-corrected chi connectivity index (χ3v) is 2.53. The van der Waals surface area contributed by atoms with Gasteiger partial charge in [0.2, 0.25) is 0 Å². The Morgan fingerprint density at radius 1 is 1.33 bits per heavy atom. The van der Waals surface area contributed by atoms with E-state index in [0.29, 0.717) is 0 Å². The van der Waals surface area contributed by atoms with Crippen LogP contribution in [0.25, 0.3) is 0 Å². The van der Waals surface area contributed by atoms with Crippen LogP contribution in [0.4, 0.5) is 13.2 Å². The van der Waals surface area contributed by atoms with Crippen LogP contribution >= 0.6 is 0 Å². The second-order valence-electron chi connectivity index (χ2n) is 3.75. The van der Waals surface area contributed by atoms with Gasteiger partial charge in [0.1, 0.15) is 0 Å². The van der Waals surface area contributed by atoms with Crippen molar-refractivity contribution in [3.63, 3.8) is 0 Å². The van der Waals surface area contributed by atoms with Gasteiger partial charge >= 0.3 is 18.1 Å². The molecule has 102 valence electrons. The van der Waals surface area contributed by atoms with Crippen LogP contribution in [0.1, 0.15) is 12.8 Å². The number of carbonyl (C=O) groups is 2. The Balaban J connectivity index is 2.94. The van der Waals surface area contributed by atoms with Gasteiger partial charge in [0.05, 0.1) is 20.6 Å². The molecule has 1 aliphatic rings. The minimum atomic E-state index is -4.62. The van der Waals surface area contributed by atoms with E-state index in [9.17, 15) is 22.8 Å². The lowest BCUT2D eigenvalue weighted by molar-refractivity contribution is -0.159. The van der Waals surface area contributed by atoms with Gasteiger partial charge in [0.15, 0.2) is 11.6 Å². The molecular formula is C9H11F3N2O4. The number of alkyl halides is 3. The number of halogens is 3. The number of hydrogen-bond acceptors (Lipinski definition) is 6. The van der Waals surface area contributed by atoms with Crippen molar-refractivity contribution in [3.8, 4) is 0 Å². The molecule has 1 rings (SSSR count). The quantitative estimate of drug-likeness (QED) is 0.722. The zero-order valence-electron chi connectivity index (χ0n) is 9.65. The van der Waals surface area contributed by atoms with E-state index in [1.54, 1.807) is 0 Å². The summed E-state index contributed by atoms with van der Waals surface area (Å²) < 4.78 is 46.1. The molecule has 0 spiro atoms. The summed E-state index contributed by atoms with van der Waals surface area (Å²) in [4.78, 5) is 22.6. The molecule has 0 aromatic heterocycles. The number of rotatable bonds is 3. The van der Waals surface area contributed by atoms with Crippen molar-refractivity contribution in [1.29, 1.82) is 0 Å². The number of carbonyl (C=O) groups excluding carboxylic acids is 2. The Kier molecular flexibility index (Phi) is 3.92. The maximum atomic E-state index is 12.5. The molecule has 18 heavy (non-hydrogen) atoms. The van der Waals surface area contributed by atoms with Crippen LogP contribution in [0.2, 0.25) is 0 Å². The minimum absolute atomic E-state index is 0.633. The smallest absolute Gasteiger partial charge is 0.412 e. The molecule has 0 aromatic carbocycles. The Bertz CT molecular complexity index is 382. The summed E-state index contributed by atoms with van der Waals surface area (Å²) in [6, 6.07) is -2.11. The Morgan fingerprint density at radius 3 is 2.33 bits per heavy atom. The van der Waals surface area contributed by atoms with Crippen molar-refractivity contribution in [1.82, 2.24) is 0 Å². The first-order chi connectivity index (χ1) is 8.25. The Labute approximate surface area is 100 Å². The molecule has 1 heterocycles. The van der Waals surface area contributed by atoms with Crippen molar-refractivity contribution >= 4 is 11.9 Å². The van der Waals surface area contributed by atoms with Crippen molar-refractivity contribution in [2.24, 2.45) is 10.2 Å². The van der Waals surface area contributed by atoms with Crippen molar-refractivity contribution in [2.45, 2.75) is 30.6 Å². The fourth-order valence-electron chi connectivity index (χ4n) is 1.57. The van der Waals surface area contributed by atoms with E-state index in [1.165, 1.54) is 0 Å². The van der Waals surface area contributed by atoms with Gasteiger partial charge in [-0.25, -0.2) is 4.79 Å². The first-order valence-corrected chi connectivity index (χ1v) is 4.89. The summed E-state index contributed by atoms with van der Waals surface area (Å²) in [6.07, 6.45) is -6.00. The van der Waals surface area contributed by atoms with Crippen LogP contribution in [-0.2, 0) is 19.1 Å². The fourth-order valence-corrected chi connectivity index (χ4v) is 1.57. The van der Waals surface area contributed by atoms with Gasteiger partial charge in [0, 0.05) is 6.42 Å². The summed E-state index contributed by atoms with van der Waals surface area (Å²) in [6.45, 7) is 0. The molecule has 0 bridgehead atoms. The molecule has 6 nitrogen and oxygen atoms in total. The predicted molar refractivity (Wildman–Crippen MR) is 50.7 cm³/mol. The largest absolute Gasteiger partial charge is 0.469 e. The van der Waals surface area contributed by atoms with Gasteiger partial charge in [-0.3, -0.25) is 4.79 Å². The highest BCUT2D eigenvalue weighted by Crippen LogP contribution is 2.39. The number of hydrogen-bond donors (Lipinski definition) is 0. The topological polar surface area (TPSA) is 77.3 Å². The highest BCUT2D eigenvalue weighted by Gasteiger charge is 2.55. The van der Waals surface area contributed by atoms with Crippen LogP contribution in [0.3, 0.4) is 0 Å². The monoisotopic (exact) mass is 268 g/mol. The molecule has 0 N–H and O–H groups in total. The third kappa shape index (κ3) is 2.77. The first-order valence-electron chi connectivity index (χ1n) is 4.89. The molecule has 1 aliphatic heterocycles. The third-order valence-electron chi connectivity index (χ3n) is 2.53. The normalized spacial score (nSPS) is 27.1. The van der Waals surface area contributed by atoms with Gasteiger partial charge < -0.3 is 9.47 Å². The maximum absolute atomic E-state index is 12.5. The summed E-state index contributed by atoms with van der Waals surface area (Å²) in [5, 5.41) is 6.31. The molecule has 9 heteroatoms. The van der Waals surface area contributed by atoms with E-state index in [2.05, 4.69) is 19.7 Å². The average molecular weight is 268 g/mol. The molecule has 2 unspecified atom stereocenters. The van der Waals surface area contributed by atoms with Crippen LogP contribution < -0.4 is 0 Å². The maximum Gasteiger partial charge on any atom is 0.412 e. The highest BCUT2D eigenvalue weighted by molar-refractivity contribution is 5.87. The fraction of sp³-hybridized carbons (Fsp3) is 0.778. The van der Waals surface area contributed by atoms with Gasteiger partial charge in [-0.15, -0.1) is 0 Å². The molecule has 2 atom stereocenters. The van der Waals surface area contributed by atoms with Crippen LogP contribution in [0, 0.1) is 0 Å². The Hall–Kier alpha value is -1.67. The molecule has 0 aliphatic carbocycles. The molecule has 0 radical (unpaired) electrons. The van der Waals surface area contributed by atoms with E-state index >= 15 is 0 Å². The van der Waals surface area contributed by atoms with Crippen molar-refractivity contribution in [2.75, 3.05) is 14.2 Å². The van der Waals surface area contributed by atoms with Crippen LogP contribution in [0.5, 0.6) is 0 Å². The van der Waals surface area contributed by atoms with Gasteiger partial charge in [-0.05, 0) is 0 Å². The molecule has 0 saturated carbocycles. The predicted octanol–water partition coefficient (Wildman–Crippen LogP) is 1.25. The Morgan fingerprint density at radius 2 is 1.94 bits per heavy atom. The van der Waals surface area contributed by atoms with Gasteiger partial charge in [-0.1, -0.05) is 0 Å². The number of ether oxygens (including phenoxy) is 2. The lowest BCUT2D eigenvalue weighted by atomic mass is 9.90. The summed E-state index contributed by atoms with van der Waals surface area (Å²) in [5.74, 6) is -1.90. The summed E-state index contributed by atoms with van der Waals surface area (Å²) >= 11 is 0. The van der Waals surface area contributed by atoms with Crippen LogP contribution in [0.15, 0.2) is 10.2 Å². The second kappa shape index (κ2) is 4.91. The molecule has 0 amide bonds. The average Bonchev–Trinajstić information content (AvgIpc) is 2.73. The molecular weight excluding hydrogens is 257 g/mol. The number of methoxy groups -OCH3 is 2.